The van der Waals surface area contributed by atoms with Gasteiger partial charge >= 0.3 is 0 Å². The molecule has 0 aliphatic heterocycles. The molecule has 0 amide bonds. The second kappa shape index (κ2) is 4.41. The molecule has 1 aromatic carbocycles. The molecule has 0 N–H and O–H groups in total. The lowest BCUT2D eigenvalue weighted by Crippen LogP contribution is -1.90. The Morgan fingerprint density at radius 3 is 2.62 bits per heavy atom. The fourth-order valence-corrected chi connectivity index (χ4v) is 1.30. The van der Waals surface area contributed by atoms with Gasteiger partial charge in [0.15, 0.2) is 5.82 Å². The van der Waals surface area contributed by atoms with E-state index >= 15 is 0 Å². The summed E-state index contributed by atoms with van der Waals surface area (Å²) in [5.41, 5.74) is 1.32. The van der Waals surface area contributed by atoms with Crippen LogP contribution in [0.15, 0.2) is 36.7 Å². The van der Waals surface area contributed by atoms with E-state index in [0.717, 1.165) is 11.3 Å². The Kier molecular flexibility index (Phi) is 2.79. The number of nitriles is 1. The Hall–Kier alpha value is -2.41. The number of nitrogens with zero attached hydrogens (tertiary/aromatic N) is 3. The van der Waals surface area contributed by atoms with Crippen molar-refractivity contribution in [3.63, 3.8) is 0 Å². The summed E-state index contributed by atoms with van der Waals surface area (Å²) in [7, 11) is 1.61. The van der Waals surface area contributed by atoms with E-state index in [1.54, 1.807) is 7.11 Å². The summed E-state index contributed by atoms with van der Waals surface area (Å²) < 4.78 is 5.11. The van der Waals surface area contributed by atoms with Crippen LogP contribution in [0.1, 0.15) is 5.56 Å². The maximum absolute atomic E-state index is 8.63. The third-order valence-electron chi connectivity index (χ3n) is 2.11. The van der Waals surface area contributed by atoms with Crippen LogP contribution in [0.4, 0.5) is 0 Å². The maximum Gasteiger partial charge on any atom is 0.159 e. The van der Waals surface area contributed by atoms with Crippen LogP contribution in [-0.4, -0.2) is 17.1 Å². The molecule has 0 atom stereocenters. The van der Waals surface area contributed by atoms with Gasteiger partial charge < -0.3 is 4.74 Å². The van der Waals surface area contributed by atoms with Gasteiger partial charge in [-0.05, 0) is 12.1 Å². The van der Waals surface area contributed by atoms with E-state index in [2.05, 4.69) is 9.97 Å². The number of aromatic nitrogens is 2. The third-order valence-corrected chi connectivity index (χ3v) is 2.11. The maximum atomic E-state index is 8.63. The van der Waals surface area contributed by atoms with Crippen molar-refractivity contribution in [3.8, 4) is 23.2 Å². The van der Waals surface area contributed by atoms with E-state index in [1.807, 2.05) is 30.3 Å². The SMILES string of the molecule is COc1cccc(-c2ncc(C#N)cn2)c1. The minimum Gasteiger partial charge on any atom is -0.497 e. The first-order chi connectivity index (χ1) is 7.83. The van der Waals surface area contributed by atoms with Crippen LogP contribution in [-0.2, 0) is 0 Å². The molecule has 0 saturated heterocycles. The van der Waals surface area contributed by atoms with Crippen molar-refractivity contribution in [3.05, 3.63) is 42.2 Å². The molecule has 0 spiro atoms. The number of hydrogen-bond acceptors (Lipinski definition) is 4. The highest BCUT2D eigenvalue weighted by Gasteiger charge is 2.02. The number of ether oxygens (including phenoxy) is 1. The zero-order valence-corrected chi connectivity index (χ0v) is 8.71. The fraction of sp³-hybridized carbons (Fsp3) is 0.0833. The first kappa shape index (κ1) is 10.1. The predicted molar refractivity (Wildman–Crippen MR) is 58.7 cm³/mol. The van der Waals surface area contributed by atoms with Gasteiger partial charge in [0.05, 0.1) is 12.7 Å². The molecule has 2 aromatic rings. The highest BCUT2D eigenvalue weighted by Crippen LogP contribution is 2.20. The van der Waals surface area contributed by atoms with Gasteiger partial charge in [0.2, 0.25) is 0 Å². The Morgan fingerprint density at radius 1 is 1.25 bits per heavy atom. The van der Waals surface area contributed by atoms with E-state index in [-0.39, 0.29) is 0 Å². The van der Waals surface area contributed by atoms with Crippen LogP contribution in [0.5, 0.6) is 5.75 Å². The number of hydrogen-bond donors (Lipinski definition) is 0. The molecule has 0 unspecified atom stereocenters. The van der Waals surface area contributed by atoms with Crippen molar-refractivity contribution in [1.29, 1.82) is 5.26 Å². The molecule has 0 saturated carbocycles. The molecule has 4 nitrogen and oxygen atoms in total. The lowest BCUT2D eigenvalue weighted by atomic mass is 10.2. The summed E-state index contributed by atoms with van der Waals surface area (Å²) in [5, 5.41) is 8.63. The lowest BCUT2D eigenvalue weighted by Gasteiger charge is -2.02. The summed E-state index contributed by atoms with van der Waals surface area (Å²) >= 11 is 0. The van der Waals surface area contributed by atoms with Gasteiger partial charge in [0.1, 0.15) is 11.8 Å². The van der Waals surface area contributed by atoms with Gasteiger partial charge in [-0.3, -0.25) is 0 Å². The Morgan fingerprint density at radius 2 is 2.00 bits per heavy atom. The predicted octanol–water partition coefficient (Wildman–Crippen LogP) is 2.02. The zero-order valence-electron chi connectivity index (χ0n) is 8.71. The molecular weight excluding hydrogens is 202 g/mol. The average Bonchev–Trinajstić information content (AvgIpc) is 2.39. The van der Waals surface area contributed by atoms with E-state index in [0.29, 0.717) is 11.4 Å². The summed E-state index contributed by atoms with van der Waals surface area (Å²) in [5.74, 6) is 1.34. The van der Waals surface area contributed by atoms with Gasteiger partial charge in [-0.2, -0.15) is 5.26 Å². The van der Waals surface area contributed by atoms with Gasteiger partial charge in [0.25, 0.3) is 0 Å². The van der Waals surface area contributed by atoms with E-state index in [1.165, 1.54) is 12.4 Å². The van der Waals surface area contributed by atoms with Crippen molar-refractivity contribution < 1.29 is 4.74 Å². The van der Waals surface area contributed by atoms with Gasteiger partial charge in [-0.25, -0.2) is 9.97 Å². The van der Waals surface area contributed by atoms with E-state index in [9.17, 15) is 0 Å². The number of methoxy groups -OCH3 is 1. The largest absolute Gasteiger partial charge is 0.497 e. The molecule has 2 rings (SSSR count). The Bertz CT molecular complexity index is 529. The molecule has 0 radical (unpaired) electrons. The second-order valence-electron chi connectivity index (χ2n) is 3.14. The summed E-state index contributed by atoms with van der Waals surface area (Å²) in [6, 6.07) is 9.44. The quantitative estimate of drug-likeness (QED) is 0.762. The third kappa shape index (κ3) is 1.98. The fourth-order valence-electron chi connectivity index (χ4n) is 1.30. The van der Waals surface area contributed by atoms with Crippen molar-refractivity contribution in [2.75, 3.05) is 7.11 Å². The molecule has 0 fully saturated rings. The monoisotopic (exact) mass is 211 g/mol. The molecule has 0 aliphatic carbocycles. The highest BCUT2D eigenvalue weighted by molar-refractivity contribution is 5.57. The van der Waals surface area contributed by atoms with Gasteiger partial charge in [0, 0.05) is 18.0 Å². The summed E-state index contributed by atoms with van der Waals surface area (Å²) in [4.78, 5) is 8.21. The van der Waals surface area contributed by atoms with Crippen LogP contribution >= 0.6 is 0 Å². The molecule has 1 aromatic heterocycles. The molecular formula is C12H9N3O. The minimum absolute atomic E-state index is 0.451. The van der Waals surface area contributed by atoms with Crippen LogP contribution < -0.4 is 4.74 Å². The number of benzene rings is 1. The van der Waals surface area contributed by atoms with Gasteiger partial charge in [-0.15, -0.1) is 0 Å². The van der Waals surface area contributed by atoms with Crippen LogP contribution in [0.2, 0.25) is 0 Å². The first-order valence-corrected chi connectivity index (χ1v) is 4.70. The topological polar surface area (TPSA) is 58.8 Å². The summed E-state index contributed by atoms with van der Waals surface area (Å²) in [6.07, 6.45) is 3.00. The van der Waals surface area contributed by atoms with Crippen LogP contribution in [0, 0.1) is 11.3 Å². The molecule has 0 bridgehead atoms. The molecule has 1 heterocycles. The Balaban J connectivity index is 2.39. The minimum atomic E-state index is 0.451. The van der Waals surface area contributed by atoms with Crippen molar-refractivity contribution in [2.24, 2.45) is 0 Å². The smallest absolute Gasteiger partial charge is 0.159 e. The number of rotatable bonds is 2. The van der Waals surface area contributed by atoms with Crippen molar-refractivity contribution in [1.82, 2.24) is 9.97 Å². The highest BCUT2D eigenvalue weighted by atomic mass is 16.5. The lowest BCUT2D eigenvalue weighted by molar-refractivity contribution is 0.415. The Labute approximate surface area is 93.2 Å². The zero-order chi connectivity index (χ0) is 11.4. The second-order valence-corrected chi connectivity index (χ2v) is 3.14. The van der Waals surface area contributed by atoms with E-state index < -0.39 is 0 Å². The average molecular weight is 211 g/mol. The van der Waals surface area contributed by atoms with Crippen LogP contribution in [0.25, 0.3) is 11.4 Å². The molecule has 78 valence electrons. The molecule has 16 heavy (non-hydrogen) atoms. The summed E-state index contributed by atoms with van der Waals surface area (Å²) in [6.45, 7) is 0. The molecule has 4 heteroatoms. The first-order valence-electron chi connectivity index (χ1n) is 4.70. The molecule has 0 aliphatic rings. The van der Waals surface area contributed by atoms with Crippen molar-refractivity contribution in [2.45, 2.75) is 0 Å². The van der Waals surface area contributed by atoms with E-state index in [4.69, 9.17) is 10.00 Å². The van der Waals surface area contributed by atoms with Gasteiger partial charge in [-0.1, -0.05) is 12.1 Å². The van der Waals surface area contributed by atoms with Crippen LogP contribution in [0.3, 0.4) is 0 Å². The van der Waals surface area contributed by atoms with Crippen molar-refractivity contribution >= 4 is 0 Å². The standard InChI is InChI=1S/C12H9N3O/c1-16-11-4-2-3-10(5-11)12-14-7-9(6-13)8-15-12/h2-5,7-8H,1H3. The normalized spacial score (nSPS) is 9.50.